The van der Waals surface area contributed by atoms with Crippen LogP contribution in [0.4, 0.5) is 5.69 Å². The molecule has 0 radical (unpaired) electrons. The van der Waals surface area contributed by atoms with Crippen molar-refractivity contribution in [1.29, 1.82) is 0 Å². The van der Waals surface area contributed by atoms with Crippen LogP contribution in [-0.4, -0.2) is 32.5 Å². The number of nitrogens with one attached hydrogen (secondary N) is 3. The minimum atomic E-state index is -0.644. The molecule has 1 aromatic rings. The highest BCUT2D eigenvalue weighted by molar-refractivity contribution is 6.00. The van der Waals surface area contributed by atoms with Gasteiger partial charge in [0.15, 0.2) is 0 Å². The summed E-state index contributed by atoms with van der Waals surface area (Å²) < 4.78 is 0. The smallest absolute Gasteiger partial charge is 0.253 e. The number of amides is 2. The molecule has 0 aliphatic carbocycles. The van der Waals surface area contributed by atoms with Crippen molar-refractivity contribution < 1.29 is 9.59 Å². The monoisotopic (exact) mass is 277 g/mol. The van der Waals surface area contributed by atoms with E-state index in [1.165, 1.54) is 0 Å². The molecular weight excluding hydrogens is 254 g/mol. The van der Waals surface area contributed by atoms with Crippen LogP contribution in [0.5, 0.6) is 0 Å². The molecule has 0 spiro atoms. The van der Waals surface area contributed by atoms with Gasteiger partial charge in [-0.05, 0) is 38.5 Å². The molecule has 5 heteroatoms. The Hall–Kier alpha value is -2.04. The van der Waals surface area contributed by atoms with Gasteiger partial charge in [-0.2, -0.15) is 0 Å². The van der Waals surface area contributed by atoms with E-state index >= 15 is 0 Å². The van der Waals surface area contributed by atoms with Gasteiger partial charge in [-0.25, -0.2) is 0 Å². The third-order valence-electron chi connectivity index (χ3n) is 3.22. The minimum absolute atomic E-state index is 0.101. The fourth-order valence-electron chi connectivity index (χ4n) is 1.88. The lowest BCUT2D eigenvalue weighted by Gasteiger charge is -2.23. The van der Waals surface area contributed by atoms with Gasteiger partial charge in [0.2, 0.25) is 5.91 Å². The number of aryl methyl sites for hydroxylation is 1. The molecule has 110 valence electrons. The molecule has 0 aliphatic rings. The van der Waals surface area contributed by atoms with E-state index in [9.17, 15) is 9.59 Å². The van der Waals surface area contributed by atoms with Crippen LogP contribution in [0, 0.1) is 12.3 Å². The summed E-state index contributed by atoms with van der Waals surface area (Å²) in [6, 6.07) is 5.59. The van der Waals surface area contributed by atoms with Crippen LogP contribution in [0.3, 0.4) is 0 Å². The SMILES string of the molecule is CNC(=O)C(C)(C)CNC(=O)c1ccc(C)cc1NC. The summed E-state index contributed by atoms with van der Waals surface area (Å²) in [6.45, 7) is 5.83. The highest BCUT2D eigenvalue weighted by Gasteiger charge is 2.27. The molecule has 0 bridgehead atoms. The summed E-state index contributed by atoms with van der Waals surface area (Å²) in [6.07, 6.45) is 0. The summed E-state index contributed by atoms with van der Waals surface area (Å²) >= 11 is 0. The Morgan fingerprint density at radius 1 is 1.20 bits per heavy atom. The third kappa shape index (κ3) is 3.73. The van der Waals surface area contributed by atoms with E-state index in [0.717, 1.165) is 11.3 Å². The Morgan fingerprint density at radius 3 is 2.40 bits per heavy atom. The Bertz CT molecular complexity index is 510. The first-order chi connectivity index (χ1) is 9.31. The number of hydrogen-bond acceptors (Lipinski definition) is 3. The second-order valence-corrected chi connectivity index (χ2v) is 5.44. The number of benzene rings is 1. The Labute approximate surface area is 120 Å². The molecular formula is C15H23N3O2. The molecule has 20 heavy (non-hydrogen) atoms. The van der Waals surface area contributed by atoms with E-state index in [-0.39, 0.29) is 18.4 Å². The van der Waals surface area contributed by atoms with Crippen LogP contribution in [0.15, 0.2) is 18.2 Å². The van der Waals surface area contributed by atoms with Crippen molar-refractivity contribution >= 4 is 17.5 Å². The van der Waals surface area contributed by atoms with Crippen LogP contribution in [0.25, 0.3) is 0 Å². The number of carbonyl (C=O) groups is 2. The van der Waals surface area contributed by atoms with Crippen molar-refractivity contribution in [2.75, 3.05) is 26.0 Å². The van der Waals surface area contributed by atoms with E-state index in [0.29, 0.717) is 5.56 Å². The average Bonchev–Trinajstić information content (AvgIpc) is 2.43. The Balaban J connectivity index is 2.80. The van der Waals surface area contributed by atoms with Crippen molar-refractivity contribution in [3.05, 3.63) is 29.3 Å². The van der Waals surface area contributed by atoms with Gasteiger partial charge in [0.25, 0.3) is 5.91 Å². The number of hydrogen-bond donors (Lipinski definition) is 3. The van der Waals surface area contributed by atoms with Crippen molar-refractivity contribution in [2.45, 2.75) is 20.8 Å². The Morgan fingerprint density at radius 2 is 1.85 bits per heavy atom. The number of rotatable bonds is 5. The lowest BCUT2D eigenvalue weighted by atomic mass is 9.92. The van der Waals surface area contributed by atoms with E-state index < -0.39 is 5.41 Å². The minimum Gasteiger partial charge on any atom is -0.387 e. The molecule has 0 saturated heterocycles. The fourth-order valence-corrected chi connectivity index (χ4v) is 1.88. The molecule has 0 aliphatic heterocycles. The molecule has 5 nitrogen and oxygen atoms in total. The topological polar surface area (TPSA) is 70.2 Å². The molecule has 1 rings (SSSR count). The second kappa shape index (κ2) is 6.41. The second-order valence-electron chi connectivity index (χ2n) is 5.44. The quantitative estimate of drug-likeness (QED) is 0.764. The van der Waals surface area contributed by atoms with Gasteiger partial charge >= 0.3 is 0 Å². The Kier molecular flexibility index (Phi) is 5.13. The van der Waals surface area contributed by atoms with E-state index in [1.54, 1.807) is 34.0 Å². The highest BCUT2D eigenvalue weighted by atomic mass is 16.2. The molecule has 0 saturated carbocycles. The van der Waals surface area contributed by atoms with Crippen molar-refractivity contribution in [2.24, 2.45) is 5.41 Å². The van der Waals surface area contributed by atoms with Gasteiger partial charge in [0.1, 0.15) is 0 Å². The molecule has 0 heterocycles. The van der Waals surface area contributed by atoms with Crippen LogP contribution in [0.2, 0.25) is 0 Å². The van der Waals surface area contributed by atoms with Gasteiger partial charge in [-0.15, -0.1) is 0 Å². The molecule has 0 fully saturated rings. The third-order valence-corrected chi connectivity index (χ3v) is 3.22. The first-order valence-electron chi connectivity index (χ1n) is 6.60. The van der Waals surface area contributed by atoms with Crippen LogP contribution in [0.1, 0.15) is 29.8 Å². The van der Waals surface area contributed by atoms with Gasteiger partial charge in [0.05, 0.1) is 11.0 Å². The lowest BCUT2D eigenvalue weighted by Crippen LogP contribution is -2.43. The molecule has 0 unspecified atom stereocenters. The van der Waals surface area contributed by atoms with Gasteiger partial charge in [-0.1, -0.05) is 6.07 Å². The normalized spacial score (nSPS) is 10.8. The summed E-state index contributed by atoms with van der Waals surface area (Å²) in [7, 11) is 3.37. The highest BCUT2D eigenvalue weighted by Crippen LogP contribution is 2.18. The van der Waals surface area contributed by atoms with Gasteiger partial charge < -0.3 is 16.0 Å². The van der Waals surface area contributed by atoms with Crippen molar-refractivity contribution in [3.63, 3.8) is 0 Å². The number of anilines is 1. The predicted octanol–water partition coefficient (Wildman–Crippen LogP) is 1.54. The molecule has 1 aromatic carbocycles. The average molecular weight is 277 g/mol. The molecule has 0 atom stereocenters. The van der Waals surface area contributed by atoms with E-state index in [2.05, 4.69) is 16.0 Å². The summed E-state index contributed by atoms with van der Waals surface area (Å²) in [5, 5.41) is 8.41. The van der Waals surface area contributed by atoms with Crippen molar-refractivity contribution in [1.82, 2.24) is 10.6 Å². The molecule has 0 aromatic heterocycles. The predicted molar refractivity (Wildman–Crippen MR) is 80.9 cm³/mol. The zero-order valence-corrected chi connectivity index (χ0v) is 12.8. The summed E-state index contributed by atoms with van der Waals surface area (Å²) in [4.78, 5) is 23.9. The fraction of sp³-hybridized carbons (Fsp3) is 0.467. The standard InChI is InChI=1S/C15H23N3O2/c1-10-6-7-11(12(8-10)16-4)13(19)18-9-15(2,3)14(20)17-5/h6-8,16H,9H2,1-5H3,(H,17,20)(H,18,19). The maximum atomic E-state index is 12.2. The summed E-state index contributed by atoms with van der Waals surface area (Å²) in [5.41, 5.74) is 1.79. The molecule has 2 amide bonds. The van der Waals surface area contributed by atoms with Gasteiger partial charge in [-0.3, -0.25) is 9.59 Å². The van der Waals surface area contributed by atoms with Crippen molar-refractivity contribution in [3.8, 4) is 0 Å². The van der Waals surface area contributed by atoms with Gasteiger partial charge in [0, 0.05) is 26.3 Å². The van der Waals surface area contributed by atoms with Crippen LogP contribution in [-0.2, 0) is 4.79 Å². The maximum Gasteiger partial charge on any atom is 0.253 e. The zero-order chi connectivity index (χ0) is 15.3. The first-order valence-corrected chi connectivity index (χ1v) is 6.60. The largest absolute Gasteiger partial charge is 0.387 e. The number of carbonyl (C=O) groups excluding carboxylic acids is 2. The summed E-state index contributed by atoms with van der Waals surface area (Å²) in [5.74, 6) is -0.290. The maximum absolute atomic E-state index is 12.2. The zero-order valence-electron chi connectivity index (χ0n) is 12.8. The van der Waals surface area contributed by atoms with E-state index in [4.69, 9.17) is 0 Å². The first kappa shape index (κ1) is 16.0. The van der Waals surface area contributed by atoms with E-state index in [1.807, 2.05) is 19.1 Å². The molecule has 3 N–H and O–H groups in total. The lowest BCUT2D eigenvalue weighted by molar-refractivity contribution is -0.128. The van der Waals surface area contributed by atoms with Crippen LogP contribution < -0.4 is 16.0 Å². The van der Waals surface area contributed by atoms with Crippen LogP contribution >= 0.6 is 0 Å².